The summed E-state index contributed by atoms with van der Waals surface area (Å²) < 4.78 is 4.95. The Balaban J connectivity index is 3.10. The van der Waals surface area contributed by atoms with Gasteiger partial charge in [0, 0.05) is 6.08 Å². The van der Waals surface area contributed by atoms with E-state index in [9.17, 15) is 9.90 Å². The zero-order valence-corrected chi connectivity index (χ0v) is 16.1. The van der Waals surface area contributed by atoms with E-state index in [4.69, 9.17) is 4.74 Å². The highest BCUT2D eigenvalue weighted by atomic mass is 16.5. The van der Waals surface area contributed by atoms with Crippen LogP contribution in [0.15, 0.2) is 11.8 Å². The molecule has 3 nitrogen and oxygen atoms in total. The van der Waals surface area contributed by atoms with Gasteiger partial charge in [0.05, 0.1) is 6.61 Å². The molecule has 0 atom stereocenters. The zero-order chi connectivity index (χ0) is 17.9. The first-order valence-electron chi connectivity index (χ1n) is 10.2. The lowest BCUT2D eigenvalue weighted by atomic mass is 10.0. The fourth-order valence-electron chi connectivity index (χ4n) is 2.85. The highest BCUT2D eigenvalue weighted by Crippen LogP contribution is 2.13. The summed E-state index contributed by atoms with van der Waals surface area (Å²) in [4.78, 5) is 11.1. The van der Waals surface area contributed by atoms with Crippen molar-refractivity contribution < 1.29 is 14.6 Å². The number of hydrogen-bond donors (Lipinski definition) is 0. The van der Waals surface area contributed by atoms with E-state index in [0.717, 1.165) is 18.9 Å². The van der Waals surface area contributed by atoms with Gasteiger partial charge in [-0.15, -0.1) is 5.76 Å². The average molecular weight is 340 g/mol. The molecule has 0 heterocycles. The average Bonchev–Trinajstić information content (AvgIpc) is 2.53. The molecule has 0 saturated carbocycles. The van der Waals surface area contributed by atoms with E-state index < -0.39 is 5.97 Å². The Morgan fingerprint density at radius 1 is 0.750 bits per heavy atom. The molecule has 0 saturated heterocycles. The molecular weight excluding hydrogens is 300 g/mol. The van der Waals surface area contributed by atoms with Gasteiger partial charge in [-0.05, 0) is 6.42 Å². The van der Waals surface area contributed by atoms with Crippen LogP contribution in [0.2, 0.25) is 0 Å². The first-order chi connectivity index (χ1) is 11.7. The SMILES string of the molecule is CCCCCCCCCCCCCCCCCOC(=O)/C=C(\C)[O-]. The minimum absolute atomic E-state index is 0.253. The van der Waals surface area contributed by atoms with Crippen molar-refractivity contribution in [2.75, 3.05) is 6.61 Å². The van der Waals surface area contributed by atoms with Gasteiger partial charge in [-0.1, -0.05) is 104 Å². The second kappa shape index (κ2) is 18.4. The Morgan fingerprint density at radius 3 is 1.50 bits per heavy atom. The summed E-state index contributed by atoms with van der Waals surface area (Å²) in [6.07, 6.45) is 20.8. The number of rotatable bonds is 17. The molecule has 142 valence electrons. The molecule has 3 heteroatoms. The second-order valence-electron chi connectivity index (χ2n) is 6.87. The largest absolute Gasteiger partial charge is 0.875 e. The van der Waals surface area contributed by atoms with Crippen molar-refractivity contribution in [1.29, 1.82) is 0 Å². The molecule has 0 aliphatic rings. The smallest absolute Gasteiger partial charge is 0.329 e. The molecule has 0 aromatic carbocycles. The maximum absolute atomic E-state index is 11.1. The number of esters is 1. The third-order valence-electron chi connectivity index (χ3n) is 4.31. The number of unbranched alkanes of at least 4 members (excludes halogenated alkanes) is 14. The molecule has 0 bridgehead atoms. The molecule has 0 rings (SSSR count). The summed E-state index contributed by atoms with van der Waals surface area (Å²) in [5.74, 6) is -0.760. The fraction of sp³-hybridized carbons (Fsp3) is 0.857. The lowest BCUT2D eigenvalue weighted by molar-refractivity contribution is -0.301. The standard InChI is InChI=1S/C21H40O3/c1-3-4-5-6-7-8-9-10-11-12-13-14-15-16-17-18-24-21(23)19-20(2)22/h19,22H,3-18H2,1-2H3/p-1/b20-19+. The Labute approximate surface area is 149 Å². The first-order valence-corrected chi connectivity index (χ1v) is 10.2. The van der Waals surface area contributed by atoms with Crippen LogP contribution in [-0.2, 0) is 9.53 Å². The van der Waals surface area contributed by atoms with E-state index in [2.05, 4.69) is 6.92 Å². The molecule has 0 radical (unpaired) electrons. The fourth-order valence-corrected chi connectivity index (χ4v) is 2.85. The van der Waals surface area contributed by atoms with Crippen LogP contribution in [0.1, 0.15) is 110 Å². The van der Waals surface area contributed by atoms with Crippen LogP contribution in [0.4, 0.5) is 0 Å². The van der Waals surface area contributed by atoms with Gasteiger partial charge >= 0.3 is 5.97 Å². The Morgan fingerprint density at radius 2 is 1.12 bits per heavy atom. The van der Waals surface area contributed by atoms with Crippen LogP contribution in [0.25, 0.3) is 0 Å². The number of carbonyl (C=O) groups excluding carboxylic acids is 1. The van der Waals surface area contributed by atoms with Crippen molar-refractivity contribution in [2.24, 2.45) is 0 Å². The molecule has 0 spiro atoms. The van der Waals surface area contributed by atoms with E-state index in [0.29, 0.717) is 6.61 Å². The van der Waals surface area contributed by atoms with Crippen molar-refractivity contribution in [2.45, 2.75) is 110 Å². The first kappa shape index (κ1) is 23.0. The molecule has 0 unspecified atom stereocenters. The quantitative estimate of drug-likeness (QED) is 0.149. The maximum atomic E-state index is 11.1. The molecule has 0 aliphatic carbocycles. The van der Waals surface area contributed by atoms with Crippen molar-refractivity contribution >= 4 is 5.97 Å². The van der Waals surface area contributed by atoms with Crippen LogP contribution in [0.5, 0.6) is 0 Å². The second-order valence-corrected chi connectivity index (χ2v) is 6.87. The van der Waals surface area contributed by atoms with Crippen molar-refractivity contribution in [3.05, 3.63) is 11.8 Å². The summed E-state index contributed by atoms with van der Waals surface area (Å²) in [6.45, 7) is 4.06. The van der Waals surface area contributed by atoms with E-state index in [-0.39, 0.29) is 5.76 Å². The van der Waals surface area contributed by atoms with E-state index in [1.165, 1.54) is 90.4 Å². The Bertz CT molecular complexity index is 306. The molecular formula is C21H39O3-. The van der Waals surface area contributed by atoms with Gasteiger partial charge in [0.2, 0.25) is 0 Å². The third-order valence-corrected chi connectivity index (χ3v) is 4.31. The van der Waals surface area contributed by atoms with Crippen LogP contribution in [0.3, 0.4) is 0 Å². The number of carbonyl (C=O) groups is 1. The minimum Gasteiger partial charge on any atom is -0.875 e. The number of ether oxygens (including phenoxy) is 1. The molecule has 24 heavy (non-hydrogen) atoms. The van der Waals surface area contributed by atoms with Gasteiger partial charge in [-0.25, -0.2) is 4.79 Å². The summed E-state index contributed by atoms with van der Waals surface area (Å²) >= 11 is 0. The van der Waals surface area contributed by atoms with Gasteiger partial charge in [-0.3, -0.25) is 0 Å². The highest BCUT2D eigenvalue weighted by molar-refractivity contribution is 5.82. The van der Waals surface area contributed by atoms with Gasteiger partial charge in [0.1, 0.15) is 0 Å². The molecule has 0 aromatic heterocycles. The van der Waals surface area contributed by atoms with Crippen LogP contribution in [0, 0.1) is 0 Å². The van der Waals surface area contributed by atoms with Crippen LogP contribution in [-0.4, -0.2) is 12.6 Å². The lowest BCUT2D eigenvalue weighted by Crippen LogP contribution is -2.07. The molecule has 0 amide bonds. The predicted octanol–water partition coefficient (Wildman–Crippen LogP) is 5.67. The van der Waals surface area contributed by atoms with E-state index in [1.54, 1.807) is 0 Å². The van der Waals surface area contributed by atoms with Gasteiger partial charge in [0.15, 0.2) is 0 Å². The highest BCUT2D eigenvalue weighted by Gasteiger charge is 1.97. The molecule has 0 aromatic rings. The zero-order valence-electron chi connectivity index (χ0n) is 16.1. The van der Waals surface area contributed by atoms with Crippen molar-refractivity contribution in [3.8, 4) is 0 Å². The molecule has 0 fully saturated rings. The predicted molar refractivity (Wildman–Crippen MR) is 99.6 cm³/mol. The summed E-state index contributed by atoms with van der Waals surface area (Å²) in [5, 5.41) is 10.7. The Hall–Kier alpha value is -0.990. The summed E-state index contributed by atoms with van der Waals surface area (Å²) in [5.41, 5.74) is 0. The van der Waals surface area contributed by atoms with Gasteiger partial charge in [-0.2, -0.15) is 0 Å². The van der Waals surface area contributed by atoms with E-state index >= 15 is 0 Å². The van der Waals surface area contributed by atoms with Crippen molar-refractivity contribution in [1.82, 2.24) is 0 Å². The molecule has 0 N–H and O–H groups in total. The van der Waals surface area contributed by atoms with Gasteiger partial charge < -0.3 is 9.84 Å². The van der Waals surface area contributed by atoms with Crippen LogP contribution >= 0.6 is 0 Å². The minimum atomic E-state index is -0.507. The maximum Gasteiger partial charge on any atom is 0.329 e. The van der Waals surface area contributed by atoms with Crippen molar-refractivity contribution in [3.63, 3.8) is 0 Å². The van der Waals surface area contributed by atoms with Gasteiger partial charge in [0.25, 0.3) is 0 Å². The Kier molecular flexibility index (Phi) is 17.6. The monoisotopic (exact) mass is 339 g/mol. The normalized spacial score (nSPS) is 11.7. The number of hydrogen-bond acceptors (Lipinski definition) is 3. The lowest BCUT2D eigenvalue weighted by Gasteiger charge is -2.05. The van der Waals surface area contributed by atoms with Crippen LogP contribution < -0.4 is 5.11 Å². The summed E-state index contributed by atoms with van der Waals surface area (Å²) in [6, 6.07) is 0. The summed E-state index contributed by atoms with van der Waals surface area (Å²) in [7, 11) is 0. The topological polar surface area (TPSA) is 49.4 Å². The molecule has 0 aliphatic heterocycles. The third kappa shape index (κ3) is 19.1. The van der Waals surface area contributed by atoms with E-state index in [1.807, 2.05) is 0 Å². The number of allylic oxidation sites excluding steroid dienone is 1.